The summed E-state index contributed by atoms with van der Waals surface area (Å²) in [5, 5.41) is 6.82. The molecule has 0 rings (SSSR count). The molecule has 0 aromatic carbocycles. The van der Waals surface area contributed by atoms with E-state index in [0.717, 1.165) is 25.6 Å². The lowest BCUT2D eigenvalue weighted by Gasteiger charge is -2.12. The highest BCUT2D eigenvalue weighted by Crippen LogP contribution is 1.98. The number of unbranched alkanes of at least 4 members (excludes halogenated alkanes) is 5. The van der Waals surface area contributed by atoms with Gasteiger partial charge in [0.2, 0.25) is 0 Å². The fourth-order valence-electron chi connectivity index (χ4n) is 1.67. The van der Waals surface area contributed by atoms with Crippen molar-refractivity contribution in [3.63, 3.8) is 0 Å². The van der Waals surface area contributed by atoms with Crippen molar-refractivity contribution in [1.82, 2.24) is 10.6 Å². The van der Waals surface area contributed by atoms with Crippen LogP contribution in [0, 0.1) is 0 Å². The van der Waals surface area contributed by atoms with E-state index in [-0.39, 0.29) is 0 Å². The van der Waals surface area contributed by atoms with Crippen LogP contribution in [-0.4, -0.2) is 25.6 Å². The summed E-state index contributed by atoms with van der Waals surface area (Å²) in [6, 6.07) is 0. The molecule has 0 heterocycles. The standard InChI is InChI=1S/C15H33N3/c1-4-7-10-11-14-18-15(16-12-8-5-2)17-13-9-6-3/h4-14H2,1-3H3,(H2,16,17,18). The van der Waals surface area contributed by atoms with Crippen LogP contribution in [-0.2, 0) is 0 Å². The fraction of sp³-hybridized carbons (Fsp3) is 0.933. The Bertz CT molecular complexity index is 178. The highest BCUT2D eigenvalue weighted by atomic mass is 15.2. The zero-order valence-corrected chi connectivity index (χ0v) is 12.7. The highest BCUT2D eigenvalue weighted by Gasteiger charge is 1.96. The van der Waals surface area contributed by atoms with Crippen molar-refractivity contribution in [1.29, 1.82) is 0 Å². The maximum absolute atomic E-state index is 4.63. The molecular weight excluding hydrogens is 222 g/mol. The van der Waals surface area contributed by atoms with Gasteiger partial charge in [-0.15, -0.1) is 0 Å². The number of aliphatic imine (C=N–C) groups is 1. The largest absolute Gasteiger partial charge is 0.356 e. The normalized spacial score (nSPS) is 10.2. The first kappa shape index (κ1) is 17.3. The molecule has 0 spiro atoms. The number of guanidine groups is 1. The number of hydrogen-bond acceptors (Lipinski definition) is 1. The Balaban J connectivity index is 3.81. The quantitative estimate of drug-likeness (QED) is 0.335. The number of rotatable bonds is 11. The van der Waals surface area contributed by atoms with E-state index in [1.54, 1.807) is 0 Å². The first-order chi connectivity index (χ1) is 8.85. The third kappa shape index (κ3) is 11.7. The smallest absolute Gasteiger partial charge is 0.191 e. The summed E-state index contributed by atoms with van der Waals surface area (Å²) in [5.74, 6) is 1.01. The molecule has 18 heavy (non-hydrogen) atoms. The van der Waals surface area contributed by atoms with E-state index in [1.807, 2.05) is 0 Å². The van der Waals surface area contributed by atoms with Crippen molar-refractivity contribution in [3.8, 4) is 0 Å². The summed E-state index contributed by atoms with van der Waals surface area (Å²) in [7, 11) is 0. The van der Waals surface area contributed by atoms with Crippen molar-refractivity contribution >= 4 is 5.96 Å². The molecule has 2 N–H and O–H groups in total. The lowest BCUT2D eigenvalue weighted by Crippen LogP contribution is -2.38. The van der Waals surface area contributed by atoms with E-state index in [1.165, 1.54) is 51.4 Å². The van der Waals surface area contributed by atoms with Crippen LogP contribution >= 0.6 is 0 Å². The molecule has 0 bridgehead atoms. The zero-order valence-electron chi connectivity index (χ0n) is 12.7. The molecule has 0 aliphatic carbocycles. The third-order valence-corrected chi connectivity index (χ3v) is 2.93. The van der Waals surface area contributed by atoms with Gasteiger partial charge in [-0.25, -0.2) is 0 Å². The lowest BCUT2D eigenvalue weighted by atomic mass is 10.2. The SMILES string of the molecule is CCCCCCN=C(NCCCC)NCCCC. The van der Waals surface area contributed by atoms with Crippen LogP contribution in [0.3, 0.4) is 0 Å². The first-order valence-corrected chi connectivity index (χ1v) is 7.87. The van der Waals surface area contributed by atoms with Crippen LogP contribution in [0.1, 0.15) is 72.1 Å². The van der Waals surface area contributed by atoms with Gasteiger partial charge in [0.15, 0.2) is 5.96 Å². The van der Waals surface area contributed by atoms with Gasteiger partial charge in [-0.05, 0) is 19.3 Å². The summed E-state index contributed by atoms with van der Waals surface area (Å²) in [4.78, 5) is 4.63. The fourth-order valence-corrected chi connectivity index (χ4v) is 1.67. The predicted molar refractivity (Wildman–Crippen MR) is 82.3 cm³/mol. The molecule has 0 saturated carbocycles. The van der Waals surface area contributed by atoms with Crippen molar-refractivity contribution in [2.24, 2.45) is 4.99 Å². The van der Waals surface area contributed by atoms with E-state index in [9.17, 15) is 0 Å². The predicted octanol–water partition coefficient (Wildman–Crippen LogP) is 3.70. The minimum Gasteiger partial charge on any atom is -0.356 e. The van der Waals surface area contributed by atoms with Gasteiger partial charge in [0.1, 0.15) is 0 Å². The van der Waals surface area contributed by atoms with Crippen LogP contribution < -0.4 is 10.6 Å². The Kier molecular flexibility index (Phi) is 13.8. The molecular formula is C15H33N3. The summed E-state index contributed by atoms with van der Waals surface area (Å²) >= 11 is 0. The van der Waals surface area contributed by atoms with Crippen LogP contribution in [0.5, 0.6) is 0 Å². The van der Waals surface area contributed by atoms with Crippen molar-refractivity contribution in [3.05, 3.63) is 0 Å². The van der Waals surface area contributed by atoms with Crippen molar-refractivity contribution in [2.75, 3.05) is 19.6 Å². The minimum absolute atomic E-state index is 0.952. The van der Waals surface area contributed by atoms with Crippen LogP contribution in [0.25, 0.3) is 0 Å². The zero-order chi connectivity index (χ0) is 13.5. The van der Waals surface area contributed by atoms with E-state index in [2.05, 4.69) is 36.4 Å². The molecule has 0 amide bonds. The third-order valence-electron chi connectivity index (χ3n) is 2.93. The summed E-state index contributed by atoms with van der Waals surface area (Å²) < 4.78 is 0. The molecule has 0 fully saturated rings. The highest BCUT2D eigenvalue weighted by molar-refractivity contribution is 5.79. The molecule has 0 aliphatic rings. The molecule has 108 valence electrons. The summed E-state index contributed by atoms with van der Waals surface area (Å²) in [5.41, 5.74) is 0. The monoisotopic (exact) mass is 255 g/mol. The maximum Gasteiger partial charge on any atom is 0.191 e. The van der Waals surface area contributed by atoms with Gasteiger partial charge >= 0.3 is 0 Å². The second kappa shape index (κ2) is 14.3. The average Bonchev–Trinajstić information content (AvgIpc) is 2.38. The van der Waals surface area contributed by atoms with Gasteiger partial charge in [0.25, 0.3) is 0 Å². The molecule has 3 nitrogen and oxygen atoms in total. The molecule has 0 unspecified atom stereocenters. The molecule has 0 aromatic heterocycles. The van der Waals surface area contributed by atoms with Crippen molar-refractivity contribution in [2.45, 2.75) is 72.1 Å². The maximum atomic E-state index is 4.63. The molecule has 0 atom stereocenters. The van der Waals surface area contributed by atoms with Gasteiger partial charge in [-0.1, -0.05) is 52.9 Å². The van der Waals surface area contributed by atoms with Gasteiger partial charge in [0, 0.05) is 19.6 Å². The topological polar surface area (TPSA) is 36.4 Å². The van der Waals surface area contributed by atoms with E-state index in [0.29, 0.717) is 0 Å². The molecule has 0 aliphatic heterocycles. The van der Waals surface area contributed by atoms with E-state index in [4.69, 9.17) is 0 Å². The second-order valence-electron chi connectivity index (χ2n) is 4.85. The first-order valence-electron chi connectivity index (χ1n) is 7.87. The number of nitrogens with one attached hydrogen (secondary N) is 2. The van der Waals surface area contributed by atoms with Crippen LogP contribution in [0.15, 0.2) is 4.99 Å². The van der Waals surface area contributed by atoms with Crippen LogP contribution in [0.2, 0.25) is 0 Å². The number of nitrogens with zero attached hydrogens (tertiary/aromatic N) is 1. The Hall–Kier alpha value is -0.730. The summed E-state index contributed by atoms with van der Waals surface area (Å²) in [6.07, 6.45) is 10.0. The van der Waals surface area contributed by atoms with Gasteiger partial charge in [0.05, 0.1) is 0 Å². The molecule has 0 aromatic rings. The second-order valence-corrected chi connectivity index (χ2v) is 4.85. The summed E-state index contributed by atoms with van der Waals surface area (Å²) in [6.45, 7) is 9.69. The Labute approximate surface area is 114 Å². The lowest BCUT2D eigenvalue weighted by molar-refractivity contribution is 0.663. The Morgan fingerprint density at radius 2 is 1.28 bits per heavy atom. The molecule has 0 radical (unpaired) electrons. The van der Waals surface area contributed by atoms with Crippen molar-refractivity contribution < 1.29 is 0 Å². The van der Waals surface area contributed by atoms with Gasteiger partial charge in [-0.2, -0.15) is 0 Å². The molecule has 0 saturated heterocycles. The molecule has 3 heteroatoms. The minimum atomic E-state index is 0.952. The van der Waals surface area contributed by atoms with E-state index < -0.39 is 0 Å². The van der Waals surface area contributed by atoms with Crippen LogP contribution in [0.4, 0.5) is 0 Å². The van der Waals surface area contributed by atoms with E-state index >= 15 is 0 Å². The van der Waals surface area contributed by atoms with Gasteiger partial charge in [-0.3, -0.25) is 4.99 Å². The Morgan fingerprint density at radius 1 is 0.722 bits per heavy atom. The average molecular weight is 255 g/mol. The van der Waals surface area contributed by atoms with Gasteiger partial charge < -0.3 is 10.6 Å². The Morgan fingerprint density at radius 3 is 1.78 bits per heavy atom. The number of hydrogen-bond donors (Lipinski definition) is 2.